The van der Waals surface area contributed by atoms with Gasteiger partial charge < -0.3 is 14.6 Å². The van der Waals surface area contributed by atoms with Gasteiger partial charge in [0, 0.05) is 25.5 Å². The summed E-state index contributed by atoms with van der Waals surface area (Å²) in [5, 5.41) is 9.55. The molecular weight excluding hydrogens is 214 g/mol. The van der Waals surface area contributed by atoms with Crippen LogP contribution in [0.5, 0.6) is 0 Å². The van der Waals surface area contributed by atoms with Crippen LogP contribution < -0.4 is 0 Å². The van der Waals surface area contributed by atoms with Gasteiger partial charge in [0.2, 0.25) is 0 Å². The number of piperidine rings is 1. The first-order valence-corrected chi connectivity index (χ1v) is 6.55. The van der Waals surface area contributed by atoms with E-state index in [0.29, 0.717) is 5.92 Å². The van der Waals surface area contributed by atoms with Gasteiger partial charge in [-0.1, -0.05) is 0 Å². The summed E-state index contributed by atoms with van der Waals surface area (Å²) < 4.78 is 2.20. The van der Waals surface area contributed by atoms with Crippen molar-refractivity contribution in [3.8, 4) is 0 Å². The zero-order chi connectivity index (χ0) is 12.3. The number of hydrogen-bond acceptors (Lipinski definition) is 3. The normalized spacial score (nSPS) is 20.6. The van der Waals surface area contributed by atoms with Crippen molar-refractivity contribution < 1.29 is 5.11 Å². The lowest BCUT2D eigenvalue weighted by Crippen LogP contribution is -2.38. The van der Waals surface area contributed by atoms with Crippen molar-refractivity contribution in [1.82, 2.24) is 14.5 Å². The fourth-order valence-corrected chi connectivity index (χ4v) is 2.55. The molecule has 1 atom stereocenters. The highest BCUT2D eigenvalue weighted by Gasteiger charge is 2.22. The largest absolute Gasteiger partial charge is 0.393 e. The molecule has 0 aliphatic carbocycles. The lowest BCUT2D eigenvalue weighted by Gasteiger charge is -2.33. The van der Waals surface area contributed by atoms with Gasteiger partial charge in [0.25, 0.3) is 0 Å². The van der Waals surface area contributed by atoms with E-state index < -0.39 is 0 Å². The summed E-state index contributed by atoms with van der Waals surface area (Å²) in [5.74, 6) is 1.59. The third-order valence-electron chi connectivity index (χ3n) is 3.90. The van der Waals surface area contributed by atoms with Gasteiger partial charge in [0.15, 0.2) is 0 Å². The molecule has 4 heteroatoms. The van der Waals surface area contributed by atoms with Gasteiger partial charge in [-0.15, -0.1) is 0 Å². The molecule has 0 spiro atoms. The van der Waals surface area contributed by atoms with Crippen LogP contribution in [0.15, 0.2) is 12.4 Å². The Bertz CT molecular complexity index is 340. The van der Waals surface area contributed by atoms with Crippen molar-refractivity contribution in [2.24, 2.45) is 5.92 Å². The highest BCUT2D eigenvalue weighted by atomic mass is 16.3. The lowest BCUT2D eigenvalue weighted by molar-refractivity contribution is 0.0707. The molecule has 1 aliphatic rings. The molecule has 0 radical (unpaired) electrons. The standard InChI is InChI=1S/C13H23N3O/c1-11(17)13-3-6-15(7-4-13)9-10-16-8-5-14-12(16)2/h5,8,11,13,17H,3-4,6-7,9-10H2,1-2H3. The Morgan fingerprint density at radius 1 is 1.41 bits per heavy atom. The first kappa shape index (κ1) is 12.6. The Morgan fingerprint density at radius 3 is 2.65 bits per heavy atom. The SMILES string of the molecule is Cc1nccn1CCN1CCC(C(C)O)CC1. The van der Waals surface area contributed by atoms with Gasteiger partial charge >= 0.3 is 0 Å². The van der Waals surface area contributed by atoms with E-state index in [1.165, 1.54) is 0 Å². The molecule has 0 saturated carbocycles. The van der Waals surface area contributed by atoms with E-state index in [0.717, 1.165) is 44.8 Å². The van der Waals surface area contributed by atoms with Gasteiger partial charge in [0.05, 0.1) is 6.10 Å². The van der Waals surface area contributed by atoms with E-state index in [2.05, 4.69) is 14.5 Å². The van der Waals surface area contributed by atoms with E-state index in [4.69, 9.17) is 0 Å². The Kier molecular flexibility index (Phi) is 4.18. The second-order valence-electron chi connectivity index (χ2n) is 5.09. The van der Waals surface area contributed by atoms with E-state index in [-0.39, 0.29) is 6.10 Å². The first-order chi connectivity index (χ1) is 8.16. The van der Waals surface area contributed by atoms with Crippen molar-refractivity contribution >= 4 is 0 Å². The zero-order valence-corrected chi connectivity index (χ0v) is 10.8. The predicted octanol–water partition coefficient (Wildman–Crippen LogP) is 1.28. The number of aromatic nitrogens is 2. The number of hydrogen-bond donors (Lipinski definition) is 1. The van der Waals surface area contributed by atoms with Crippen molar-refractivity contribution in [3.05, 3.63) is 18.2 Å². The van der Waals surface area contributed by atoms with Gasteiger partial charge in [-0.25, -0.2) is 4.98 Å². The van der Waals surface area contributed by atoms with Crippen molar-refractivity contribution in [1.29, 1.82) is 0 Å². The van der Waals surface area contributed by atoms with E-state index >= 15 is 0 Å². The Balaban J connectivity index is 1.74. The molecule has 96 valence electrons. The van der Waals surface area contributed by atoms with Gasteiger partial charge in [-0.2, -0.15) is 0 Å². The third kappa shape index (κ3) is 3.30. The minimum Gasteiger partial charge on any atom is -0.393 e. The minimum absolute atomic E-state index is 0.145. The molecule has 1 aromatic rings. The lowest BCUT2D eigenvalue weighted by atomic mass is 9.92. The van der Waals surface area contributed by atoms with Crippen LogP contribution in [-0.2, 0) is 6.54 Å². The Labute approximate surface area is 103 Å². The van der Waals surface area contributed by atoms with Crippen molar-refractivity contribution in [2.45, 2.75) is 39.3 Å². The highest BCUT2D eigenvalue weighted by molar-refractivity contribution is 4.88. The summed E-state index contributed by atoms with van der Waals surface area (Å²) in [5.41, 5.74) is 0. The second kappa shape index (κ2) is 5.65. The number of aliphatic hydroxyl groups is 1. The molecule has 1 aliphatic heterocycles. The molecule has 17 heavy (non-hydrogen) atoms. The maximum absolute atomic E-state index is 9.55. The summed E-state index contributed by atoms with van der Waals surface area (Å²) in [6.45, 7) is 8.29. The summed E-state index contributed by atoms with van der Waals surface area (Å²) in [6, 6.07) is 0. The molecular formula is C13H23N3O. The Hall–Kier alpha value is -0.870. The smallest absolute Gasteiger partial charge is 0.105 e. The fourth-order valence-electron chi connectivity index (χ4n) is 2.55. The molecule has 1 fully saturated rings. The van der Waals surface area contributed by atoms with Gasteiger partial charge in [-0.05, 0) is 45.7 Å². The van der Waals surface area contributed by atoms with Gasteiger partial charge in [0.1, 0.15) is 5.82 Å². The molecule has 2 heterocycles. The Morgan fingerprint density at radius 2 is 2.12 bits per heavy atom. The topological polar surface area (TPSA) is 41.3 Å². The fraction of sp³-hybridized carbons (Fsp3) is 0.769. The van der Waals surface area contributed by atoms with Crippen LogP contribution >= 0.6 is 0 Å². The average molecular weight is 237 g/mol. The molecule has 0 aromatic carbocycles. The first-order valence-electron chi connectivity index (χ1n) is 6.55. The van der Waals surface area contributed by atoms with E-state index in [1.54, 1.807) is 0 Å². The van der Waals surface area contributed by atoms with Crippen LogP contribution in [0.2, 0.25) is 0 Å². The molecule has 0 bridgehead atoms. The van der Waals surface area contributed by atoms with E-state index in [9.17, 15) is 5.11 Å². The van der Waals surface area contributed by atoms with Crippen molar-refractivity contribution in [3.63, 3.8) is 0 Å². The van der Waals surface area contributed by atoms with Crippen molar-refractivity contribution in [2.75, 3.05) is 19.6 Å². The summed E-state index contributed by atoms with van der Waals surface area (Å²) >= 11 is 0. The molecule has 4 nitrogen and oxygen atoms in total. The molecule has 1 unspecified atom stereocenters. The monoisotopic (exact) mass is 237 g/mol. The van der Waals surface area contributed by atoms with Crippen LogP contribution in [0.1, 0.15) is 25.6 Å². The maximum Gasteiger partial charge on any atom is 0.105 e. The summed E-state index contributed by atoms with van der Waals surface area (Å²) in [6.07, 6.45) is 6.00. The molecule has 0 amide bonds. The quantitative estimate of drug-likeness (QED) is 0.858. The number of imidazole rings is 1. The van der Waals surface area contributed by atoms with Crippen LogP contribution in [0.25, 0.3) is 0 Å². The average Bonchev–Trinajstić information content (AvgIpc) is 2.73. The third-order valence-corrected chi connectivity index (χ3v) is 3.90. The number of aliphatic hydroxyl groups excluding tert-OH is 1. The van der Waals surface area contributed by atoms with Crippen LogP contribution in [0.4, 0.5) is 0 Å². The minimum atomic E-state index is -0.145. The zero-order valence-electron chi connectivity index (χ0n) is 10.8. The molecule has 1 aromatic heterocycles. The number of likely N-dealkylation sites (tertiary alicyclic amines) is 1. The van der Waals surface area contributed by atoms with Crippen LogP contribution in [-0.4, -0.2) is 45.3 Å². The second-order valence-corrected chi connectivity index (χ2v) is 5.09. The van der Waals surface area contributed by atoms with Gasteiger partial charge in [-0.3, -0.25) is 0 Å². The van der Waals surface area contributed by atoms with Crippen LogP contribution in [0.3, 0.4) is 0 Å². The highest BCUT2D eigenvalue weighted by Crippen LogP contribution is 2.20. The maximum atomic E-state index is 9.55. The number of aryl methyl sites for hydroxylation is 1. The number of rotatable bonds is 4. The predicted molar refractivity (Wildman–Crippen MR) is 67.8 cm³/mol. The van der Waals surface area contributed by atoms with Crippen LogP contribution in [0, 0.1) is 12.8 Å². The molecule has 1 N–H and O–H groups in total. The summed E-state index contributed by atoms with van der Waals surface area (Å²) in [7, 11) is 0. The summed E-state index contributed by atoms with van der Waals surface area (Å²) in [4.78, 5) is 6.71. The molecule has 2 rings (SSSR count). The molecule has 1 saturated heterocycles. The van der Waals surface area contributed by atoms with E-state index in [1.807, 2.05) is 26.2 Å². The number of nitrogens with zero attached hydrogens (tertiary/aromatic N) is 3.